The van der Waals surface area contributed by atoms with Crippen molar-refractivity contribution in [3.63, 3.8) is 0 Å². The van der Waals surface area contributed by atoms with Crippen molar-refractivity contribution in [2.45, 2.75) is 25.6 Å². The molecule has 0 saturated carbocycles. The summed E-state index contributed by atoms with van der Waals surface area (Å²) >= 11 is 3.08. The molecule has 1 unspecified atom stereocenters. The normalized spacial score (nSPS) is 17.3. The van der Waals surface area contributed by atoms with Crippen molar-refractivity contribution in [1.82, 2.24) is 4.90 Å². The van der Waals surface area contributed by atoms with Gasteiger partial charge in [-0.05, 0) is 25.1 Å². The van der Waals surface area contributed by atoms with Gasteiger partial charge in [0.05, 0.1) is 5.56 Å². The minimum atomic E-state index is -4.42. The zero-order chi connectivity index (χ0) is 17.2. The number of rotatable bonds is 3. The van der Waals surface area contributed by atoms with Crippen molar-refractivity contribution in [2.75, 3.05) is 31.1 Å². The van der Waals surface area contributed by atoms with Crippen LogP contribution in [0.4, 0.5) is 18.9 Å². The summed E-state index contributed by atoms with van der Waals surface area (Å²) in [5.74, 6) is -0.0495. The number of nitrogens with zero attached hydrogens (tertiary/aromatic N) is 2. The molecule has 8 heteroatoms. The van der Waals surface area contributed by atoms with Gasteiger partial charge < -0.3 is 15.5 Å². The molecule has 23 heavy (non-hydrogen) atoms. The van der Waals surface area contributed by atoms with Gasteiger partial charge in [0.15, 0.2) is 0 Å². The highest BCUT2D eigenvalue weighted by Crippen LogP contribution is 2.38. The largest absolute Gasteiger partial charge is 0.418 e. The maximum atomic E-state index is 13.2. The molecule has 0 aromatic heterocycles. The lowest BCUT2D eigenvalue weighted by Gasteiger charge is -2.37. The van der Waals surface area contributed by atoms with E-state index in [1.165, 1.54) is 6.07 Å². The van der Waals surface area contributed by atoms with Crippen LogP contribution in [0, 0.1) is 0 Å². The summed E-state index contributed by atoms with van der Waals surface area (Å²) in [6, 6.07) is 3.93. The molecule has 2 rings (SSSR count). The maximum Gasteiger partial charge on any atom is 0.418 e. The molecule has 4 nitrogen and oxygen atoms in total. The monoisotopic (exact) mass is 393 g/mol. The molecule has 2 N–H and O–H groups in total. The molecule has 1 aliphatic rings. The second-order valence-electron chi connectivity index (χ2n) is 5.71. The van der Waals surface area contributed by atoms with Gasteiger partial charge >= 0.3 is 6.18 Å². The third-order valence-electron chi connectivity index (χ3n) is 3.73. The second kappa shape index (κ2) is 7.09. The van der Waals surface area contributed by atoms with E-state index in [0.717, 1.165) is 6.07 Å². The first kappa shape index (κ1) is 18.1. The van der Waals surface area contributed by atoms with Crippen molar-refractivity contribution in [2.24, 2.45) is 5.73 Å². The number of carbonyl (C=O) groups is 1. The lowest BCUT2D eigenvalue weighted by atomic mass is 10.1. The summed E-state index contributed by atoms with van der Waals surface area (Å²) in [6.07, 6.45) is -4.16. The van der Waals surface area contributed by atoms with Gasteiger partial charge in [0.25, 0.3) is 0 Å². The summed E-state index contributed by atoms with van der Waals surface area (Å²) in [4.78, 5) is 15.3. The highest BCUT2D eigenvalue weighted by molar-refractivity contribution is 9.10. The van der Waals surface area contributed by atoms with Gasteiger partial charge in [-0.2, -0.15) is 13.2 Å². The predicted molar refractivity (Wildman–Crippen MR) is 86.2 cm³/mol. The number of anilines is 1. The Labute approximate surface area is 141 Å². The van der Waals surface area contributed by atoms with E-state index >= 15 is 0 Å². The van der Waals surface area contributed by atoms with Crippen LogP contribution in [-0.4, -0.2) is 43.0 Å². The fraction of sp³-hybridized carbons (Fsp3) is 0.533. The van der Waals surface area contributed by atoms with E-state index in [9.17, 15) is 18.0 Å². The first-order valence-electron chi connectivity index (χ1n) is 7.33. The van der Waals surface area contributed by atoms with Crippen LogP contribution in [0.2, 0.25) is 0 Å². The molecule has 128 valence electrons. The molecule has 1 aromatic rings. The number of amides is 1. The van der Waals surface area contributed by atoms with Crippen molar-refractivity contribution in [3.05, 3.63) is 28.2 Å². The Morgan fingerprint density at radius 1 is 1.30 bits per heavy atom. The molecule has 0 aliphatic carbocycles. The molecular formula is C15H19BrF3N3O. The van der Waals surface area contributed by atoms with E-state index in [2.05, 4.69) is 15.9 Å². The Hall–Kier alpha value is -1.28. The SMILES string of the molecule is CC(N)CC(=O)N1CCN(c2ccc(Br)cc2C(F)(F)F)CC1. The van der Waals surface area contributed by atoms with Crippen LogP contribution >= 0.6 is 15.9 Å². The van der Waals surface area contributed by atoms with E-state index in [0.29, 0.717) is 30.7 Å². The van der Waals surface area contributed by atoms with E-state index < -0.39 is 11.7 Å². The number of carbonyl (C=O) groups excluding carboxylic acids is 1. The summed E-state index contributed by atoms with van der Waals surface area (Å²) in [7, 11) is 0. The third kappa shape index (κ3) is 4.60. The molecule has 1 aliphatic heterocycles. The molecule has 0 bridgehead atoms. The van der Waals surface area contributed by atoms with Crippen molar-refractivity contribution in [1.29, 1.82) is 0 Å². The van der Waals surface area contributed by atoms with Gasteiger partial charge in [-0.3, -0.25) is 4.79 Å². The molecule has 1 atom stereocenters. The van der Waals surface area contributed by atoms with Crippen LogP contribution in [-0.2, 0) is 11.0 Å². The van der Waals surface area contributed by atoms with Crippen molar-refractivity contribution < 1.29 is 18.0 Å². The molecule has 1 aromatic carbocycles. The standard InChI is InChI=1S/C15H19BrF3N3O/c1-10(20)8-14(23)22-6-4-21(5-7-22)13-3-2-11(16)9-12(13)15(17,18)19/h2-3,9-10H,4-8,20H2,1H3. The Morgan fingerprint density at radius 3 is 2.43 bits per heavy atom. The number of benzene rings is 1. The van der Waals surface area contributed by atoms with E-state index in [-0.39, 0.29) is 24.1 Å². The lowest BCUT2D eigenvalue weighted by Crippen LogP contribution is -2.50. The number of piperazine rings is 1. The van der Waals surface area contributed by atoms with Gasteiger partial charge in [-0.25, -0.2) is 0 Å². The van der Waals surface area contributed by atoms with Gasteiger partial charge in [0.1, 0.15) is 0 Å². The van der Waals surface area contributed by atoms with E-state index in [1.807, 2.05) is 0 Å². The van der Waals surface area contributed by atoms with Crippen LogP contribution in [0.3, 0.4) is 0 Å². The van der Waals surface area contributed by atoms with Crippen LogP contribution in [0.1, 0.15) is 18.9 Å². The third-order valence-corrected chi connectivity index (χ3v) is 4.23. The minimum absolute atomic E-state index is 0.0495. The summed E-state index contributed by atoms with van der Waals surface area (Å²) in [6.45, 7) is 3.30. The fourth-order valence-electron chi connectivity index (χ4n) is 2.61. The number of hydrogen-bond donors (Lipinski definition) is 1. The molecule has 1 saturated heterocycles. The molecule has 1 fully saturated rings. The zero-order valence-corrected chi connectivity index (χ0v) is 14.3. The summed E-state index contributed by atoms with van der Waals surface area (Å²) in [5.41, 5.74) is 5.10. The topological polar surface area (TPSA) is 49.6 Å². The average molecular weight is 394 g/mol. The van der Waals surface area contributed by atoms with Crippen LogP contribution in [0.15, 0.2) is 22.7 Å². The first-order valence-corrected chi connectivity index (χ1v) is 8.13. The number of nitrogens with two attached hydrogens (primary N) is 1. The lowest BCUT2D eigenvalue weighted by molar-refractivity contribution is -0.137. The summed E-state index contributed by atoms with van der Waals surface area (Å²) < 4.78 is 40.0. The Morgan fingerprint density at radius 2 is 1.91 bits per heavy atom. The number of alkyl halides is 3. The number of halogens is 4. The predicted octanol–water partition coefficient (Wildman–Crippen LogP) is 2.85. The van der Waals surface area contributed by atoms with Crippen molar-refractivity contribution in [3.8, 4) is 0 Å². The molecule has 1 heterocycles. The highest BCUT2D eigenvalue weighted by Gasteiger charge is 2.36. The average Bonchev–Trinajstić information content (AvgIpc) is 2.46. The first-order chi connectivity index (χ1) is 10.7. The van der Waals surface area contributed by atoms with Gasteiger partial charge in [-0.1, -0.05) is 15.9 Å². The second-order valence-corrected chi connectivity index (χ2v) is 6.62. The van der Waals surface area contributed by atoms with Crippen LogP contribution in [0.5, 0.6) is 0 Å². The molecule has 1 amide bonds. The van der Waals surface area contributed by atoms with E-state index in [1.54, 1.807) is 22.8 Å². The Kier molecular flexibility index (Phi) is 5.57. The van der Waals surface area contributed by atoms with Gasteiger partial charge in [0, 0.05) is 48.8 Å². The zero-order valence-electron chi connectivity index (χ0n) is 12.7. The quantitative estimate of drug-likeness (QED) is 0.858. The van der Waals surface area contributed by atoms with Crippen LogP contribution < -0.4 is 10.6 Å². The number of hydrogen-bond acceptors (Lipinski definition) is 3. The highest BCUT2D eigenvalue weighted by atomic mass is 79.9. The summed E-state index contributed by atoms with van der Waals surface area (Å²) in [5, 5.41) is 0. The Bertz CT molecular complexity index is 570. The molecule has 0 radical (unpaired) electrons. The molecule has 0 spiro atoms. The van der Waals surface area contributed by atoms with Gasteiger partial charge in [0.2, 0.25) is 5.91 Å². The smallest absolute Gasteiger partial charge is 0.367 e. The van der Waals surface area contributed by atoms with Crippen molar-refractivity contribution >= 4 is 27.5 Å². The maximum absolute atomic E-state index is 13.2. The van der Waals surface area contributed by atoms with Gasteiger partial charge in [-0.15, -0.1) is 0 Å². The van der Waals surface area contributed by atoms with Crippen LogP contribution in [0.25, 0.3) is 0 Å². The fourth-order valence-corrected chi connectivity index (χ4v) is 2.97. The minimum Gasteiger partial charge on any atom is -0.367 e. The molecular weight excluding hydrogens is 375 g/mol. The van der Waals surface area contributed by atoms with E-state index in [4.69, 9.17) is 5.73 Å². The Balaban J connectivity index is 2.10.